The minimum absolute atomic E-state index is 0.275. The van der Waals surface area contributed by atoms with Crippen LogP contribution in [0.2, 0.25) is 0 Å². The molecular weight excluding hydrogens is 216 g/mol. The van der Waals surface area contributed by atoms with Crippen LogP contribution in [0.15, 0.2) is 0 Å². The fraction of sp³-hybridized carbons (Fsp3) is 0.923. The zero-order chi connectivity index (χ0) is 13.1. The van der Waals surface area contributed by atoms with Crippen LogP contribution >= 0.6 is 0 Å². The van der Waals surface area contributed by atoms with Gasteiger partial charge in [0.25, 0.3) is 0 Å². The van der Waals surface area contributed by atoms with Crippen molar-refractivity contribution < 1.29 is 9.53 Å². The van der Waals surface area contributed by atoms with Crippen molar-refractivity contribution in [1.82, 2.24) is 10.6 Å². The Hall–Kier alpha value is -0.770. The van der Waals surface area contributed by atoms with E-state index in [1.165, 1.54) is 12.8 Å². The van der Waals surface area contributed by atoms with E-state index < -0.39 is 5.60 Å². The number of ether oxygens (including phenoxy) is 1. The first-order valence-electron chi connectivity index (χ1n) is 6.45. The van der Waals surface area contributed by atoms with Crippen LogP contribution in [-0.4, -0.2) is 29.8 Å². The standard InChI is InChI=1S/C13H26N2O2/c1-12(2,3)17-11(16)15-13(4,5)10-8-6-7-9-14-10/h10,14H,6-9H2,1-5H3,(H,15,16). The van der Waals surface area contributed by atoms with Crippen LogP contribution in [0.3, 0.4) is 0 Å². The van der Waals surface area contributed by atoms with Crippen LogP contribution in [0.5, 0.6) is 0 Å². The van der Waals surface area contributed by atoms with Gasteiger partial charge in [-0.15, -0.1) is 0 Å². The topological polar surface area (TPSA) is 50.4 Å². The van der Waals surface area contributed by atoms with Crippen molar-refractivity contribution in [2.24, 2.45) is 0 Å². The van der Waals surface area contributed by atoms with Crippen LogP contribution in [0.4, 0.5) is 4.79 Å². The summed E-state index contributed by atoms with van der Waals surface area (Å²) in [4.78, 5) is 11.8. The first-order chi connectivity index (χ1) is 7.71. The maximum atomic E-state index is 11.8. The molecule has 100 valence electrons. The Balaban J connectivity index is 2.50. The Kier molecular flexibility index (Phi) is 4.42. The number of carbonyl (C=O) groups is 1. The van der Waals surface area contributed by atoms with E-state index >= 15 is 0 Å². The van der Waals surface area contributed by atoms with E-state index in [9.17, 15) is 4.79 Å². The molecule has 17 heavy (non-hydrogen) atoms. The van der Waals surface area contributed by atoms with Gasteiger partial charge in [0.15, 0.2) is 0 Å². The molecule has 2 N–H and O–H groups in total. The second kappa shape index (κ2) is 5.25. The molecule has 1 amide bonds. The molecule has 4 heteroatoms. The lowest BCUT2D eigenvalue weighted by Crippen LogP contribution is -2.59. The minimum Gasteiger partial charge on any atom is -0.444 e. The molecule has 1 saturated heterocycles. The van der Waals surface area contributed by atoms with E-state index in [1.54, 1.807) is 0 Å². The van der Waals surface area contributed by atoms with Crippen molar-refractivity contribution in [1.29, 1.82) is 0 Å². The molecule has 1 fully saturated rings. The largest absolute Gasteiger partial charge is 0.444 e. The number of hydrogen-bond acceptors (Lipinski definition) is 3. The third-order valence-corrected chi connectivity index (χ3v) is 3.00. The van der Waals surface area contributed by atoms with E-state index in [1.807, 2.05) is 34.6 Å². The summed E-state index contributed by atoms with van der Waals surface area (Å²) < 4.78 is 5.29. The van der Waals surface area contributed by atoms with Crippen molar-refractivity contribution in [3.8, 4) is 0 Å². The minimum atomic E-state index is -0.444. The van der Waals surface area contributed by atoms with E-state index in [0.717, 1.165) is 13.0 Å². The number of rotatable bonds is 2. The van der Waals surface area contributed by atoms with Gasteiger partial charge >= 0.3 is 6.09 Å². The molecule has 1 atom stereocenters. The van der Waals surface area contributed by atoms with E-state index in [2.05, 4.69) is 10.6 Å². The van der Waals surface area contributed by atoms with E-state index in [-0.39, 0.29) is 11.6 Å². The van der Waals surface area contributed by atoms with Gasteiger partial charge in [0.1, 0.15) is 5.60 Å². The number of carbonyl (C=O) groups excluding carboxylic acids is 1. The number of amides is 1. The maximum absolute atomic E-state index is 11.8. The average Bonchev–Trinajstić information content (AvgIpc) is 2.15. The Morgan fingerprint density at radius 2 is 1.88 bits per heavy atom. The normalized spacial score (nSPS) is 22.1. The quantitative estimate of drug-likeness (QED) is 0.782. The molecule has 1 heterocycles. The molecule has 0 bridgehead atoms. The molecule has 0 aliphatic carbocycles. The lowest BCUT2D eigenvalue weighted by molar-refractivity contribution is 0.0442. The summed E-state index contributed by atoms with van der Waals surface area (Å²) in [6, 6.07) is 0.323. The predicted molar refractivity (Wildman–Crippen MR) is 69.1 cm³/mol. The van der Waals surface area contributed by atoms with Crippen molar-refractivity contribution in [2.75, 3.05) is 6.54 Å². The van der Waals surface area contributed by atoms with Crippen molar-refractivity contribution in [3.05, 3.63) is 0 Å². The van der Waals surface area contributed by atoms with Gasteiger partial charge in [-0.3, -0.25) is 0 Å². The first-order valence-corrected chi connectivity index (χ1v) is 6.45. The highest BCUT2D eigenvalue weighted by Crippen LogP contribution is 2.19. The summed E-state index contributed by atoms with van der Waals surface area (Å²) in [5.74, 6) is 0. The first kappa shape index (κ1) is 14.3. The fourth-order valence-electron chi connectivity index (χ4n) is 2.12. The molecule has 0 saturated carbocycles. The molecule has 0 aromatic rings. The second-order valence-electron chi connectivity index (χ2n) is 6.35. The smallest absolute Gasteiger partial charge is 0.408 e. The van der Waals surface area contributed by atoms with Gasteiger partial charge in [-0.25, -0.2) is 4.79 Å². The molecule has 1 aliphatic rings. The summed E-state index contributed by atoms with van der Waals surface area (Å²) in [6.45, 7) is 10.7. The van der Waals surface area contributed by atoms with Crippen LogP contribution in [-0.2, 0) is 4.74 Å². The lowest BCUT2D eigenvalue weighted by atomic mass is 9.88. The van der Waals surface area contributed by atoms with Crippen molar-refractivity contribution in [2.45, 2.75) is 71.1 Å². The Morgan fingerprint density at radius 1 is 1.24 bits per heavy atom. The molecule has 1 unspecified atom stereocenters. The molecule has 1 rings (SSSR count). The summed E-state index contributed by atoms with van der Waals surface area (Å²) in [7, 11) is 0. The maximum Gasteiger partial charge on any atom is 0.408 e. The van der Waals surface area contributed by atoms with Gasteiger partial charge in [0.05, 0.1) is 5.54 Å². The predicted octanol–water partition coefficient (Wildman–Crippen LogP) is 2.43. The summed E-state index contributed by atoms with van der Waals surface area (Å²) >= 11 is 0. The summed E-state index contributed by atoms with van der Waals surface area (Å²) in [5.41, 5.74) is -0.719. The molecule has 4 nitrogen and oxygen atoms in total. The average molecular weight is 242 g/mol. The third-order valence-electron chi connectivity index (χ3n) is 3.00. The monoisotopic (exact) mass is 242 g/mol. The number of hydrogen-bond donors (Lipinski definition) is 2. The number of nitrogens with one attached hydrogen (secondary N) is 2. The zero-order valence-electron chi connectivity index (χ0n) is 11.7. The van der Waals surface area contributed by atoms with Gasteiger partial charge in [-0.05, 0) is 54.0 Å². The van der Waals surface area contributed by atoms with E-state index in [4.69, 9.17) is 4.74 Å². The zero-order valence-corrected chi connectivity index (χ0v) is 11.7. The highest BCUT2D eigenvalue weighted by molar-refractivity contribution is 5.68. The molecule has 1 aliphatic heterocycles. The van der Waals surface area contributed by atoms with E-state index in [0.29, 0.717) is 6.04 Å². The molecule has 0 aromatic heterocycles. The Bertz CT molecular complexity index is 263. The van der Waals surface area contributed by atoms with Gasteiger partial charge in [-0.2, -0.15) is 0 Å². The third kappa shape index (κ3) is 4.94. The summed E-state index contributed by atoms with van der Waals surface area (Å²) in [6.07, 6.45) is 3.20. The number of piperidine rings is 1. The number of alkyl carbamates (subject to hydrolysis) is 1. The van der Waals surface area contributed by atoms with Crippen LogP contribution in [0, 0.1) is 0 Å². The van der Waals surface area contributed by atoms with Crippen LogP contribution < -0.4 is 10.6 Å². The van der Waals surface area contributed by atoms with Crippen LogP contribution in [0.25, 0.3) is 0 Å². The van der Waals surface area contributed by atoms with Gasteiger partial charge in [-0.1, -0.05) is 6.42 Å². The second-order valence-corrected chi connectivity index (χ2v) is 6.35. The highest BCUT2D eigenvalue weighted by Gasteiger charge is 2.33. The molecule has 0 radical (unpaired) electrons. The van der Waals surface area contributed by atoms with Gasteiger partial charge in [0, 0.05) is 6.04 Å². The van der Waals surface area contributed by atoms with Crippen LogP contribution in [0.1, 0.15) is 53.9 Å². The SMILES string of the molecule is CC(C)(C)OC(=O)NC(C)(C)C1CCCCN1. The summed E-state index contributed by atoms with van der Waals surface area (Å²) in [5, 5.41) is 6.42. The lowest BCUT2D eigenvalue weighted by Gasteiger charge is -2.38. The highest BCUT2D eigenvalue weighted by atomic mass is 16.6. The van der Waals surface area contributed by atoms with Crippen molar-refractivity contribution >= 4 is 6.09 Å². The Morgan fingerprint density at radius 3 is 2.35 bits per heavy atom. The fourth-order valence-corrected chi connectivity index (χ4v) is 2.12. The van der Waals surface area contributed by atoms with Gasteiger partial charge < -0.3 is 15.4 Å². The molecule has 0 aromatic carbocycles. The molecule has 0 spiro atoms. The van der Waals surface area contributed by atoms with Crippen molar-refractivity contribution in [3.63, 3.8) is 0 Å². The van der Waals surface area contributed by atoms with Gasteiger partial charge in [0.2, 0.25) is 0 Å². The Labute approximate surface area is 104 Å². The molecular formula is C13H26N2O2.